The lowest BCUT2D eigenvalue weighted by Crippen LogP contribution is -2.16. The van der Waals surface area contributed by atoms with Gasteiger partial charge in [-0.3, -0.25) is 0 Å². The van der Waals surface area contributed by atoms with Crippen LogP contribution in [0.3, 0.4) is 0 Å². The number of carbonyl (C=O) groups is 1. The van der Waals surface area contributed by atoms with E-state index in [4.69, 9.17) is 23.2 Å². The van der Waals surface area contributed by atoms with Crippen molar-refractivity contribution in [3.05, 3.63) is 88.1 Å². The van der Waals surface area contributed by atoms with Gasteiger partial charge < -0.3 is 10.0 Å². The van der Waals surface area contributed by atoms with Crippen LogP contribution >= 0.6 is 34.8 Å². The summed E-state index contributed by atoms with van der Waals surface area (Å²) in [7, 11) is 1.72. The predicted molar refractivity (Wildman–Crippen MR) is 142 cm³/mol. The zero-order chi connectivity index (χ0) is 27.2. The molecule has 0 radical (unpaired) electrons. The molecule has 4 rings (SSSR count). The van der Waals surface area contributed by atoms with Gasteiger partial charge in [-0.1, -0.05) is 41.4 Å². The zero-order valence-corrected chi connectivity index (χ0v) is 22.1. The summed E-state index contributed by atoms with van der Waals surface area (Å²) in [6.07, 6.45) is 3.22. The highest BCUT2D eigenvalue weighted by Crippen LogP contribution is 2.36. The van der Waals surface area contributed by atoms with Gasteiger partial charge in [-0.2, -0.15) is 9.61 Å². The van der Waals surface area contributed by atoms with Crippen molar-refractivity contribution in [3.63, 3.8) is 0 Å². The lowest BCUT2D eigenvalue weighted by Gasteiger charge is -2.24. The average molecular weight is 556 g/mol. The number of carboxylic acids is 1. The number of hydrogen-bond donors (Lipinski definition) is 1. The Morgan fingerprint density at radius 3 is 2.25 bits per heavy atom. The fourth-order valence-electron chi connectivity index (χ4n) is 3.32. The number of fused-ring (bicyclic) bond motifs is 1. The molecule has 1 N–H and O–H groups in total. The molecule has 11 heteroatoms. The molecule has 36 heavy (non-hydrogen) atoms. The first-order valence-electron chi connectivity index (χ1n) is 10.3. The molecular weight excluding hydrogens is 533 g/mol. The summed E-state index contributed by atoms with van der Waals surface area (Å²) in [5.41, 5.74) is 1.79. The molecule has 0 saturated heterocycles. The molecule has 0 aliphatic carbocycles. The van der Waals surface area contributed by atoms with E-state index in [1.807, 2.05) is 19.9 Å². The number of allylic oxidation sites excluding steroid dienone is 1. The average Bonchev–Trinajstić information content (AvgIpc) is 3.28. The third kappa shape index (κ3) is 6.13. The van der Waals surface area contributed by atoms with Gasteiger partial charge in [0.25, 0.3) is 0 Å². The van der Waals surface area contributed by atoms with E-state index in [-0.39, 0.29) is 22.6 Å². The van der Waals surface area contributed by atoms with Gasteiger partial charge in [-0.15, -0.1) is 18.2 Å². The number of nitrogens with zero attached hydrogens (tertiary/aromatic N) is 4. The lowest BCUT2D eigenvalue weighted by atomic mass is 10.1. The molecule has 2 heterocycles. The van der Waals surface area contributed by atoms with E-state index in [0.29, 0.717) is 16.5 Å². The van der Waals surface area contributed by atoms with Gasteiger partial charge in [0.1, 0.15) is 22.5 Å². The summed E-state index contributed by atoms with van der Waals surface area (Å²) in [6.45, 7) is 7.12. The number of carboxylic acid groups (broad SMARTS) is 1. The van der Waals surface area contributed by atoms with Crippen molar-refractivity contribution < 1.29 is 18.7 Å². The van der Waals surface area contributed by atoms with Gasteiger partial charge in [0.15, 0.2) is 11.3 Å². The van der Waals surface area contributed by atoms with Gasteiger partial charge in [-0.25, -0.2) is 18.6 Å². The second-order valence-corrected chi connectivity index (χ2v) is 8.02. The summed E-state index contributed by atoms with van der Waals surface area (Å²) in [5.74, 6) is -2.72. The zero-order valence-electron chi connectivity index (χ0n) is 19.9. The molecule has 0 aliphatic rings. The first kappa shape index (κ1) is 29.0. The summed E-state index contributed by atoms with van der Waals surface area (Å²) >= 11 is 16.6. The molecule has 0 saturated carbocycles. The number of anilines is 2. The minimum atomic E-state index is -1.24. The number of aromatic nitrogens is 3. The highest BCUT2D eigenvalue weighted by molar-refractivity contribution is 6.33. The van der Waals surface area contributed by atoms with Gasteiger partial charge >= 0.3 is 5.97 Å². The van der Waals surface area contributed by atoms with E-state index in [0.717, 1.165) is 17.7 Å². The van der Waals surface area contributed by atoms with E-state index >= 15 is 0 Å². The second kappa shape index (κ2) is 12.7. The van der Waals surface area contributed by atoms with Crippen LogP contribution in [0, 0.1) is 18.6 Å². The van der Waals surface area contributed by atoms with Crippen LogP contribution < -0.4 is 4.90 Å². The number of benzene rings is 2. The normalized spacial score (nSPS) is 10.1. The quantitative estimate of drug-likeness (QED) is 0.158. The van der Waals surface area contributed by atoms with E-state index < -0.39 is 22.6 Å². The number of aryl methyl sites for hydroxylation is 1. The fourth-order valence-corrected chi connectivity index (χ4v) is 3.77. The molecule has 0 atom stereocenters. The van der Waals surface area contributed by atoms with Crippen LogP contribution in [-0.2, 0) is 0 Å². The SMILES string of the molecule is C=CC.CCl.Cc1cccc(Cl)c1N(C)c1cc(-c2cc(F)c(Cl)c(F)c2)nc2cc(C(=O)O)nn12. The van der Waals surface area contributed by atoms with Gasteiger partial charge in [0.2, 0.25) is 0 Å². The van der Waals surface area contributed by atoms with Crippen molar-refractivity contribution in [2.24, 2.45) is 0 Å². The maximum Gasteiger partial charge on any atom is 0.356 e. The van der Waals surface area contributed by atoms with E-state index in [9.17, 15) is 18.7 Å². The molecule has 0 fully saturated rings. The van der Waals surface area contributed by atoms with Crippen LogP contribution in [0.1, 0.15) is 23.0 Å². The van der Waals surface area contributed by atoms with E-state index in [1.165, 1.54) is 23.0 Å². The molecule has 2 aromatic heterocycles. The summed E-state index contributed by atoms with van der Waals surface area (Å²) in [5, 5.41) is 13.3. The molecule has 0 aliphatic heterocycles. The minimum absolute atomic E-state index is 0.130. The highest BCUT2D eigenvalue weighted by atomic mass is 35.5. The van der Waals surface area contributed by atoms with Crippen molar-refractivity contribution in [1.29, 1.82) is 0 Å². The van der Waals surface area contributed by atoms with Crippen molar-refractivity contribution in [3.8, 4) is 11.3 Å². The Morgan fingerprint density at radius 1 is 1.14 bits per heavy atom. The number of alkyl halides is 1. The fraction of sp³-hybridized carbons (Fsp3) is 0.160. The first-order valence-corrected chi connectivity index (χ1v) is 11.8. The van der Waals surface area contributed by atoms with Crippen molar-refractivity contribution >= 4 is 57.9 Å². The van der Waals surface area contributed by atoms with Crippen molar-refractivity contribution in [2.45, 2.75) is 13.8 Å². The number of halogens is 5. The van der Waals surface area contributed by atoms with Crippen LogP contribution in [0.15, 0.2) is 55.1 Å². The molecule has 0 amide bonds. The summed E-state index contributed by atoms with van der Waals surface area (Å²) in [6, 6.07) is 10.3. The van der Waals surface area contributed by atoms with Gasteiger partial charge in [-0.05, 0) is 37.6 Å². The number of aromatic carboxylic acids is 1. The van der Waals surface area contributed by atoms with Crippen molar-refractivity contribution in [1.82, 2.24) is 14.6 Å². The van der Waals surface area contributed by atoms with Crippen LogP contribution in [0.4, 0.5) is 20.3 Å². The highest BCUT2D eigenvalue weighted by Gasteiger charge is 2.20. The largest absolute Gasteiger partial charge is 0.476 e. The Bertz CT molecular complexity index is 1370. The molecule has 190 valence electrons. The monoisotopic (exact) mass is 554 g/mol. The summed E-state index contributed by atoms with van der Waals surface area (Å²) < 4.78 is 29.4. The molecule has 6 nitrogen and oxygen atoms in total. The smallest absolute Gasteiger partial charge is 0.356 e. The number of para-hydroxylation sites is 1. The molecule has 4 aromatic rings. The maximum absolute atomic E-state index is 14.1. The van der Waals surface area contributed by atoms with E-state index in [2.05, 4.69) is 28.3 Å². The van der Waals surface area contributed by atoms with Crippen molar-refractivity contribution in [2.75, 3.05) is 18.3 Å². The molecular formula is C25H23Cl3F2N4O2. The first-order chi connectivity index (χ1) is 17.1. The number of hydrogen-bond acceptors (Lipinski definition) is 4. The third-order valence-electron chi connectivity index (χ3n) is 4.77. The van der Waals surface area contributed by atoms with Crippen LogP contribution in [0.2, 0.25) is 10.0 Å². The number of rotatable bonds is 4. The molecule has 2 aromatic carbocycles. The van der Waals surface area contributed by atoms with Gasteiger partial charge in [0.05, 0.1) is 16.4 Å². The van der Waals surface area contributed by atoms with Gasteiger partial charge in [0, 0.05) is 31.1 Å². The maximum atomic E-state index is 14.1. The standard InChI is InChI=1S/C21H14Cl2F2N4O2.C3H6.CH3Cl/c1-10-4-3-5-12(22)20(10)28(2)18-9-15(11-6-13(24)19(23)14(25)7-11)26-17-8-16(21(30)31)27-29(17)18;1-3-2;1-2/h3-9H,1-2H3,(H,30,31);3H,1H2,2H3;1H3. The van der Waals surface area contributed by atoms with E-state index in [1.54, 1.807) is 30.2 Å². The molecule has 0 spiro atoms. The minimum Gasteiger partial charge on any atom is -0.476 e. The Kier molecular flexibility index (Phi) is 10.2. The molecule has 0 unspecified atom stereocenters. The predicted octanol–water partition coefficient (Wildman–Crippen LogP) is 7.80. The third-order valence-corrected chi connectivity index (χ3v) is 5.44. The Balaban J connectivity index is 0.000000850. The Hall–Kier alpha value is -3.20. The van der Waals surface area contributed by atoms with Crippen LogP contribution in [0.5, 0.6) is 0 Å². The molecule has 0 bridgehead atoms. The van der Waals surface area contributed by atoms with Crippen LogP contribution in [-0.4, -0.2) is 39.1 Å². The summed E-state index contributed by atoms with van der Waals surface area (Å²) in [4.78, 5) is 17.5. The topological polar surface area (TPSA) is 70.7 Å². The Labute approximate surface area is 222 Å². The second-order valence-electron chi connectivity index (χ2n) is 7.23. The van der Waals surface area contributed by atoms with Crippen LogP contribution in [0.25, 0.3) is 16.9 Å². The Morgan fingerprint density at radius 2 is 1.72 bits per heavy atom. The lowest BCUT2D eigenvalue weighted by molar-refractivity contribution is 0.0690.